The molecule has 1 aliphatic carbocycles. The summed E-state index contributed by atoms with van der Waals surface area (Å²) >= 11 is 0. The summed E-state index contributed by atoms with van der Waals surface area (Å²) in [5.41, 5.74) is 0.245. The molecule has 0 bridgehead atoms. The first-order valence-corrected chi connectivity index (χ1v) is 3.81. The van der Waals surface area contributed by atoms with Crippen LogP contribution in [0.15, 0.2) is 0 Å². The van der Waals surface area contributed by atoms with Crippen LogP contribution in [0.25, 0.3) is 0 Å². The van der Waals surface area contributed by atoms with Gasteiger partial charge in [0, 0.05) is 41.3 Å². The van der Waals surface area contributed by atoms with E-state index < -0.39 is 0 Å². The van der Waals surface area contributed by atoms with Gasteiger partial charge in [0.15, 0.2) is 0 Å². The predicted molar refractivity (Wildman–Crippen MR) is 37.4 cm³/mol. The molecule has 0 atom stereocenters. The van der Waals surface area contributed by atoms with Crippen LogP contribution in [-0.4, -0.2) is 5.11 Å². The van der Waals surface area contributed by atoms with Gasteiger partial charge in [-0.05, 0) is 0 Å². The Kier molecular flexibility index (Phi) is 5.72. The molecule has 1 aliphatic rings. The van der Waals surface area contributed by atoms with E-state index in [2.05, 4.69) is 6.92 Å². The van der Waals surface area contributed by atoms with Crippen LogP contribution < -0.4 is 0 Å². The number of rotatable bonds is 3. The van der Waals surface area contributed by atoms with Crippen LogP contribution in [0.5, 0.6) is 0 Å². The zero-order valence-corrected chi connectivity index (χ0v) is 10.3. The summed E-state index contributed by atoms with van der Waals surface area (Å²) in [6.45, 7) is 3.59. The molecule has 0 aliphatic heterocycles. The second-order valence-corrected chi connectivity index (χ2v) is 3.10. The maximum atomic E-state index is 8.84. The van der Waals surface area contributed by atoms with Gasteiger partial charge in [0.2, 0.25) is 0 Å². The maximum Gasteiger partial charge on any atom is 0 e. The normalized spacial score (nSPS) is 21.0. The van der Waals surface area contributed by atoms with Gasteiger partial charge in [0.05, 0.1) is 0 Å². The number of hydrogen-bond donors (Lipinski definition) is 1. The SMILES string of the molecule is CCCC1([CH-]O)CCC1.[Pr]. The quantitative estimate of drug-likeness (QED) is 0.780. The monoisotopic (exact) mass is 268 g/mol. The van der Waals surface area contributed by atoms with Gasteiger partial charge in [-0.2, -0.15) is 0 Å². The fourth-order valence-corrected chi connectivity index (χ4v) is 1.57. The van der Waals surface area contributed by atoms with Crippen LogP contribution in [-0.2, 0) is 0 Å². The molecule has 1 N–H and O–H groups in total. The Morgan fingerprint density at radius 1 is 1.50 bits per heavy atom. The molecule has 10 heavy (non-hydrogen) atoms. The molecule has 0 unspecified atom stereocenters. The van der Waals surface area contributed by atoms with Crippen molar-refractivity contribution in [1.29, 1.82) is 0 Å². The van der Waals surface area contributed by atoms with Crippen molar-refractivity contribution in [3.8, 4) is 0 Å². The Bertz CT molecular complexity index is 83.7. The van der Waals surface area contributed by atoms with Gasteiger partial charge >= 0.3 is 0 Å². The summed E-state index contributed by atoms with van der Waals surface area (Å²) in [7, 11) is 0. The molecule has 0 aromatic carbocycles. The van der Waals surface area contributed by atoms with Gasteiger partial charge in [-0.1, -0.05) is 39.0 Å². The van der Waals surface area contributed by atoms with Gasteiger partial charge in [-0.15, -0.1) is 5.41 Å². The summed E-state index contributed by atoms with van der Waals surface area (Å²) in [4.78, 5) is 0. The molecule has 2 heteroatoms. The minimum absolute atomic E-state index is 0. The van der Waals surface area contributed by atoms with Gasteiger partial charge in [-0.3, -0.25) is 0 Å². The van der Waals surface area contributed by atoms with Gasteiger partial charge in [0.25, 0.3) is 0 Å². The van der Waals surface area contributed by atoms with Crippen LogP contribution in [0, 0.1) is 53.3 Å². The van der Waals surface area contributed by atoms with Crippen LogP contribution in [0.1, 0.15) is 39.0 Å². The molecule has 0 aromatic rings. The third-order valence-corrected chi connectivity index (χ3v) is 2.37. The Morgan fingerprint density at radius 3 is 2.20 bits per heavy atom. The zero-order valence-electron chi connectivity index (χ0n) is 6.64. The van der Waals surface area contributed by atoms with Crippen molar-refractivity contribution in [3.63, 3.8) is 0 Å². The van der Waals surface area contributed by atoms with E-state index in [9.17, 15) is 0 Å². The average molecular weight is 268 g/mol. The van der Waals surface area contributed by atoms with Crippen molar-refractivity contribution < 1.29 is 46.4 Å². The Morgan fingerprint density at radius 2 is 2.10 bits per heavy atom. The first-order chi connectivity index (χ1) is 4.33. The first kappa shape index (κ1) is 11.3. The van der Waals surface area contributed by atoms with Gasteiger partial charge in [-0.25, -0.2) is 6.61 Å². The molecule has 1 rings (SSSR count). The Labute approximate surface area is 96.5 Å². The van der Waals surface area contributed by atoms with E-state index >= 15 is 0 Å². The maximum absolute atomic E-state index is 8.84. The van der Waals surface area contributed by atoms with Crippen molar-refractivity contribution in [2.24, 2.45) is 5.41 Å². The largest absolute Gasteiger partial charge is 0.565 e. The van der Waals surface area contributed by atoms with E-state index in [1.165, 1.54) is 38.7 Å². The average Bonchev–Trinajstić information content (AvgIpc) is 1.79. The summed E-state index contributed by atoms with van der Waals surface area (Å²) in [5.74, 6) is 0. The number of aliphatic hydroxyl groups is 1. The van der Waals surface area contributed by atoms with Crippen molar-refractivity contribution >= 4 is 0 Å². The van der Waals surface area contributed by atoms with Gasteiger partial charge in [0.1, 0.15) is 0 Å². The van der Waals surface area contributed by atoms with E-state index in [1.54, 1.807) is 0 Å². The van der Waals surface area contributed by atoms with E-state index in [0.717, 1.165) is 0 Å². The molecule has 0 spiro atoms. The van der Waals surface area contributed by atoms with Crippen molar-refractivity contribution in [2.45, 2.75) is 39.0 Å². The standard InChI is InChI=1S/C8H15O.Pr/c1-2-4-8(7-9)5-3-6-8;/h7,9H,2-6H2,1H3;/q-1;. The molecular weight excluding hydrogens is 253 g/mol. The van der Waals surface area contributed by atoms with E-state index in [1.807, 2.05) is 0 Å². The third-order valence-electron chi connectivity index (χ3n) is 2.37. The van der Waals surface area contributed by atoms with Crippen LogP contribution >= 0.6 is 0 Å². The fraction of sp³-hybridized carbons (Fsp3) is 0.875. The molecule has 0 aromatic heterocycles. The molecule has 1 nitrogen and oxygen atoms in total. The molecule has 57 valence electrons. The van der Waals surface area contributed by atoms with E-state index in [4.69, 9.17) is 5.11 Å². The van der Waals surface area contributed by atoms with Crippen LogP contribution in [0.3, 0.4) is 0 Å². The minimum Gasteiger partial charge on any atom is -0.565 e. The molecule has 1 saturated carbocycles. The fourth-order valence-electron chi connectivity index (χ4n) is 1.57. The van der Waals surface area contributed by atoms with Gasteiger partial charge < -0.3 is 5.11 Å². The van der Waals surface area contributed by atoms with E-state index in [-0.39, 0.29) is 46.7 Å². The summed E-state index contributed by atoms with van der Waals surface area (Å²) in [6.07, 6.45) is 6.08. The Balaban J connectivity index is 0.000000810. The molecule has 0 saturated heterocycles. The number of aliphatic hydroxyl groups excluding tert-OH is 1. The summed E-state index contributed by atoms with van der Waals surface area (Å²) < 4.78 is 0. The first-order valence-electron chi connectivity index (χ1n) is 3.81. The second-order valence-electron chi connectivity index (χ2n) is 3.10. The van der Waals surface area contributed by atoms with Crippen molar-refractivity contribution in [1.82, 2.24) is 0 Å². The summed E-state index contributed by atoms with van der Waals surface area (Å²) in [6, 6.07) is 0. The van der Waals surface area contributed by atoms with E-state index in [0.29, 0.717) is 0 Å². The smallest absolute Gasteiger partial charge is 0 e. The third kappa shape index (κ3) is 2.42. The second kappa shape index (κ2) is 5.06. The van der Waals surface area contributed by atoms with Crippen molar-refractivity contribution in [3.05, 3.63) is 6.61 Å². The minimum atomic E-state index is 0. The molecular formula is C8H15OPr-. The molecule has 1 radical (unpaired) electrons. The summed E-state index contributed by atoms with van der Waals surface area (Å²) in [5, 5.41) is 8.84. The molecule has 0 heterocycles. The predicted octanol–water partition coefficient (Wildman–Crippen LogP) is 2.49. The Hall–Kier alpha value is 1.32. The van der Waals surface area contributed by atoms with Crippen LogP contribution in [0.4, 0.5) is 0 Å². The van der Waals surface area contributed by atoms with Crippen LogP contribution in [0.2, 0.25) is 0 Å². The zero-order chi connectivity index (χ0) is 6.74. The van der Waals surface area contributed by atoms with Crippen molar-refractivity contribution in [2.75, 3.05) is 0 Å². The number of hydrogen-bond acceptors (Lipinski definition) is 1. The molecule has 0 amide bonds. The topological polar surface area (TPSA) is 20.2 Å². The molecule has 1 fully saturated rings.